The summed E-state index contributed by atoms with van der Waals surface area (Å²) < 4.78 is 1.82. The average Bonchev–Trinajstić information content (AvgIpc) is 2.85. The first-order valence-corrected chi connectivity index (χ1v) is 5.50. The highest BCUT2D eigenvalue weighted by Crippen LogP contribution is 1.98. The van der Waals surface area contributed by atoms with Crippen molar-refractivity contribution in [2.45, 2.75) is 20.0 Å². The van der Waals surface area contributed by atoms with Crippen LogP contribution in [-0.4, -0.2) is 20.7 Å². The third-order valence-electron chi connectivity index (χ3n) is 2.36. The summed E-state index contributed by atoms with van der Waals surface area (Å²) in [6.45, 7) is 3.31. The summed E-state index contributed by atoms with van der Waals surface area (Å²) in [6, 6.07) is 5.25. The number of aromatic nitrogens is 3. The standard InChI is InChI=1S/C12H14N4O/c1-2-16-9-10(8-15-16)7-14-12(17)11-5-3-4-6-13-11/h3-6,8-9H,2,7H2,1H3,(H,14,17). The summed E-state index contributed by atoms with van der Waals surface area (Å²) in [4.78, 5) is 15.7. The molecule has 2 rings (SSSR count). The molecule has 0 aromatic carbocycles. The van der Waals surface area contributed by atoms with E-state index in [1.807, 2.05) is 17.8 Å². The largest absolute Gasteiger partial charge is 0.347 e. The molecular weight excluding hydrogens is 216 g/mol. The highest BCUT2D eigenvalue weighted by Gasteiger charge is 2.06. The summed E-state index contributed by atoms with van der Waals surface area (Å²) in [5, 5.41) is 6.93. The van der Waals surface area contributed by atoms with Gasteiger partial charge in [0.25, 0.3) is 5.91 Å². The molecule has 0 atom stereocenters. The van der Waals surface area contributed by atoms with E-state index >= 15 is 0 Å². The van der Waals surface area contributed by atoms with Crippen molar-refractivity contribution in [3.05, 3.63) is 48.0 Å². The van der Waals surface area contributed by atoms with Crippen LogP contribution in [0.25, 0.3) is 0 Å². The molecule has 0 aliphatic carbocycles. The van der Waals surface area contributed by atoms with E-state index in [1.165, 1.54) is 0 Å². The van der Waals surface area contributed by atoms with Gasteiger partial charge in [-0.15, -0.1) is 0 Å². The number of aryl methyl sites for hydroxylation is 1. The monoisotopic (exact) mass is 230 g/mol. The minimum Gasteiger partial charge on any atom is -0.347 e. The van der Waals surface area contributed by atoms with Gasteiger partial charge in [-0.3, -0.25) is 14.5 Å². The maximum Gasteiger partial charge on any atom is 0.270 e. The van der Waals surface area contributed by atoms with Gasteiger partial charge in [-0.05, 0) is 19.1 Å². The first-order chi connectivity index (χ1) is 8.29. The Balaban J connectivity index is 1.92. The topological polar surface area (TPSA) is 59.8 Å². The van der Waals surface area contributed by atoms with Crippen LogP contribution in [0.5, 0.6) is 0 Å². The summed E-state index contributed by atoms with van der Waals surface area (Å²) in [5.74, 6) is -0.171. The van der Waals surface area contributed by atoms with Crippen LogP contribution in [0.4, 0.5) is 0 Å². The van der Waals surface area contributed by atoms with Gasteiger partial charge in [0, 0.05) is 31.0 Å². The van der Waals surface area contributed by atoms with E-state index in [9.17, 15) is 4.79 Å². The van der Waals surface area contributed by atoms with Gasteiger partial charge in [-0.2, -0.15) is 5.10 Å². The Morgan fingerprint density at radius 1 is 1.47 bits per heavy atom. The third kappa shape index (κ3) is 2.90. The van der Waals surface area contributed by atoms with Crippen molar-refractivity contribution in [3.63, 3.8) is 0 Å². The van der Waals surface area contributed by atoms with E-state index in [0.717, 1.165) is 12.1 Å². The van der Waals surface area contributed by atoms with Gasteiger partial charge in [0.2, 0.25) is 0 Å². The number of pyridine rings is 1. The maximum atomic E-state index is 11.7. The number of carbonyl (C=O) groups excluding carboxylic acids is 1. The van der Waals surface area contributed by atoms with Gasteiger partial charge in [0.05, 0.1) is 6.20 Å². The van der Waals surface area contributed by atoms with Gasteiger partial charge < -0.3 is 5.32 Å². The first kappa shape index (κ1) is 11.3. The molecule has 0 saturated carbocycles. The number of rotatable bonds is 4. The molecule has 5 nitrogen and oxygen atoms in total. The molecule has 5 heteroatoms. The number of hydrogen-bond acceptors (Lipinski definition) is 3. The number of nitrogens with zero attached hydrogens (tertiary/aromatic N) is 3. The van der Waals surface area contributed by atoms with Crippen LogP contribution in [0.15, 0.2) is 36.8 Å². The van der Waals surface area contributed by atoms with Gasteiger partial charge in [-0.25, -0.2) is 0 Å². The lowest BCUT2D eigenvalue weighted by molar-refractivity contribution is 0.0946. The number of amides is 1. The molecule has 1 amide bonds. The Bertz CT molecular complexity index is 492. The molecule has 0 unspecified atom stereocenters. The SMILES string of the molecule is CCn1cc(CNC(=O)c2ccccn2)cn1. The van der Waals surface area contributed by atoms with Crippen LogP contribution >= 0.6 is 0 Å². The number of nitrogens with one attached hydrogen (secondary N) is 1. The van der Waals surface area contributed by atoms with E-state index in [2.05, 4.69) is 15.4 Å². The second kappa shape index (κ2) is 5.25. The smallest absolute Gasteiger partial charge is 0.270 e. The zero-order chi connectivity index (χ0) is 12.1. The van der Waals surface area contributed by atoms with Gasteiger partial charge in [-0.1, -0.05) is 6.07 Å². The highest BCUT2D eigenvalue weighted by atomic mass is 16.1. The second-order valence-corrected chi connectivity index (χ2v) is 3.60. The quantitative estimate of drug-likeness (QED) is 0.859. The van der Waals surface area contributed by atoms with Crippen LogP contribution in [0.1, 0.15) is 23.0 Å². The summed E-state index contributed by atoms with van der Waals surface area (Å²) in [5.41, 5.74) is 1.41. The van der Waals surface area contributed by atoms with Crippen molar-refractivity contribution in [1.29, 1.82) is 0 Å². The molecule has 2 aromatic rings. The predicted octanol–water partition coefficient (Wildman–Crippen LogP) is 1.23. The minimum atomic E-state index is -0.171. The summed E-state index contributed by atoms with van der Waals surface area (Å²) in [7, 11) is 0. The zero-order valence-electron chi connectivity index (χ0n) is 9.63. The van der Waals surface area contributed by atoms with Gasteiger partial charge >= 0.3 is 0 Å². The molecule has 2 aromatic heterocycles. The van der Waals surface area contributed by atoms with E-state index in [1.54, 1.807) is 30.6 Å². The molecule has 0 bridgehead atoms. The van der Waals surface area contributed by atoms with Crippen molar-refractivity contribution < 1.29 is 4.79 Å². The van der Waals surface area contributed by atoms with E-state index in [4.69, 9.17) is 0 Å². The lowest BCUT2D eigenvalue weighted by Gasteiger charge is -2.02. The van der Waals surface area contributed by atoms with E-state index in [0.29, 0.717) is 12.2 Å². The van der Waals surface area contributed by atoms with Crippen molar-refractivity contribution in [1.82, 2.24) is 20.1 Å². The molecule has 2 heterocycles. The molecule has 1 N–H and O–H groups in total. The fourth-order valence-electron chi connectivity index (χ4n) is 1.44. The summed E-state index contributed by atoms with van der Waals surface area (Å²) in [6.07, 6.45) is 5.27. The average molecular weight is 230 g/mol. The lowest BCUT2D eigenvalue weighted by atomic mass is 10.3. The van der Waals surface area contributed by atoms with Gasteiger partial charge in [0.1, 0.15) is 5.69 Å². The molecule has 0 aliphatic heterocycles. The van der Waals surface area contributed by atoms with Crippen LogP contribution in [0, 0.1) is 0 Å². The Hall–Kier alpha value is -2.17. The Morgan fingerprint density at radius 3 is 3.00 bits per heavy atom. The predicted molar refractivity (Wildman–Crippen MR) is 63.3 cm³/mol. The third-order valence-corrected chi connectivity index (χ3v) is 2.36. The molecule has 0 aliphatic rings. The van der Waals surface area contributed by atoms with Crippen molar-refractivity contribution in [3.8, 4) is 0 Å². The van der Waals surface area contributed by atoms with E-state index < -0.39 is 0 Å². The number of hydrogen-bond donors (Lipinski definition) is 1. The number of carbonyl (C=O) groups is 1. The van der Waals surface area contributed by atoms with Crippen LogP contribution in [0.2, 0.25) is 0 Å². The van der Waals surface area contributed by atoms with Gasteiger partial charge in [0.15, 0.2) is 0 Å². The van der Waals surface area contributed by atoms with Crippen LogP contribution in [-0.2, 0) is 13.1 Å². The molecule has 0 radical (unpaired) electrons. The fraction of sp³-hybridized carbons (Fsp3) is 0.250. The molecule has 0 spiro atoms. The molecule has 0 fully saturated rings. The van der Waals surface area contributed by atoms with Crippen LogP contribution < -0.4 is 5.32 Å². The molecule has 17 heavy (non-hydrogen) atoms. The Morgan fingerprint density at radius 2 is 2.35 bits per heavy atom. The molecular formula is C12H14N4O. The second-order valence-electron chi connectivity index (χ2n) is 3.60. The van der Waals surface area contributed by atoms with Crippen molar-refractivity contribution in [2.24, 2.45) is 0 Å². The molecule has 0 saturated heterocycles. The fourth-order valence-corrected chi connectivity index (χ4v) is 1.44. The lowest BCUT2D eigenvalue weighted by Crippen LogP contribution is -2.23. The normalized spacial score (nSPS) is 10.2. The van der Waals surface area contributed by atoms with Crippen molar-refractivity contribution >= 4 is 5.91 Å². The van der Waals surface area contributed by atoms with Crippen molar-refractivity contribution in [2.75, 3.05) is 0 Å². The van der Waals surface area contributed by atoms with Crippen LogP contribution in [0.3, 0.4) is 0 Å². The Labute approximate surface area is 99.5 Å². The minimum absolute atomic E-state index is 0.171. The highest BCUT2D eigenvalue weighted by molar-refractivity contribution is 5.92. The summed E-state index contributed by atoms with van der Waals surface area (Å²) >= 11 is 0. The zero-order valence-corrected chi connectivity index (χ0v) is 9.63. The van der Waals surface area contributed by atoms with E-state index in [-0.39, 0.29) is 5.91 Å². The first-order valence-electron chi connectivity index (χ1n) is 5.50. The molecule has 88 valence electrons. The maximum absolute atomic E-state index is 11.7. The Kier molecular flexibility index (Phi) is 3.49.